The zero-order valence-corrected chi connectivity index (χ0v) is 20.4. The molecule has 1 atom stereocenters. The Morgan fingerprint density at radius 3 is 2.67 bits per heavy atom. The van der Waals surface area contributed by atoms with Crippen LogP contribution in [-0.4, -0.2) is 60.7 Å². The van der Waals surface area contributed by atoms with E-state index in [1.165, 1.54) is 0 Å². The molecule has 0 radical (unpaired) electrons. The molecule has 0 spiro atoms. The first-order valence-electron chi connectivity index (χ1n) is 12.3. The summed E-state index contributed by atoms with van der Waals surface area (Å²) in [7, 11) is 0. The van der Waals surface area contributed by atoms with Gasteiger partial charge in [-0.1, -0.05) is 11.3 Å². The average Bonchev–Trinajstić information content (AvgIpc) is 3.47. The molecule has 3 aromatic heterocycles. The fourth-order valence-corrected chi connectivity index (χ4v) is 5.05. The topological polar surface area (TPSA) is 107 Å². The van der Waals surface area contributed by atoms with E-state index in [1.54, 1.807) is 11.1 Å². The molecule has 4 aromatic rings. The Morgan fingerprint density at radius 2 is 1.97 bits per heavy atom. The fraction of sp³-hybridized carbons (Fsp3) is 0.423. The second-order valence-corrected chi connectivity index (χ2v) is 9.49. The van der Waals surface area contributed by atoms with Crippen LogP contribution in [0.1, 0.15) is 49.3 Å². The van der Waals surface area contributed by atoms with E-state index in [1.807, 2.05) is 42.2 Å². The molecule has 0 bridgehead atoms. The number of hydrogen-bond acceptors (Lipinski definition) is 8. The Morgan fingerprint density at radius 1 is 1.14 bits per heavy atom. The lowest BCUT2D eigenvalue weighted by atomic mass is 10.0. The Labute approximate surface area is 209 Å². The summed E-state index contributed by atoms with van der Waals surface area (Å²) in [6, 6.07) is 10.4. The van der Waals surface area contributed by atoms with Crippen molar-refractivity contribution in [3.05, 3.63) is 54.2 Å². The van der Waals surface area contributed by atoms with Crippen molar-refractivity contribution in [3.63, 3.8) is 0 Å². The van der Waals surface area contributed by atoms with Crippen LogP contribution in [0.3, 0.4) is 0 Å². The number of rotatable bonds is 6. The Bertz CT molecular complexity index is 1410. The number of pyridine rings is 1. The molecule has 5 heterocycles. The molecule has 2 saturated heterocycles. The van der Waals surface area contributed by atoms with Crippen molar-refractivity contribution in [2.45, 2.75) is 44.9 Å². The number of piperidine rings is 1. The summed E-state index contributed by atoms with van der Waals surface area (Å²) in [5.74, 6) is 0.737. The highest BCUT2D eigenvalue weighted by Crippen LogP contribution is 2.37. The minimum absolute atomic E-state index is 0.234. The van der Waals surface area contributed by atoms with Gasteiger partial charge in [0, 0.05) is 24.8 Å². The van der Waals surface area contributed by atoms with E-state index in [0.29, 0.717) is 13.2 Å². The zero-order chi connectivity index (χ0) is 24.6. The molecule has 6 rings (SSSR count). The third kappa shape index (κ3) is 3.95. The number of imidazole rings is 1. The van der Waals surface area contributed by atoms with Gasteiger partial charge in [0.2, 0.25) is 0 Å². The van der Waals surface area contributed by atoms with Crippen molar-refractivity contribution in [3.8, 4) is 23.2 Å². The minimum Gasteiger partial charge on any atom is -0.482 e. The van der Waals surface area contributed by atoms with Gasteiger partial charge in [0.1, 0.15) is 23.1 Å². The Hall–Kier alpha value is -3.97. The molecule has 0 unspecified atom stereocenters. The lowest BCUT2D eigenvalue weighted by Crippen LogP contribution is -2.31. The van der Waals surface area contributed by atoms with Crippen molar-refractivity contribution < 1.29 is 9.47 Å². The van der Waals surface area contributed by atoms with Crippen LogP contribution in [-0.2, 0) is 4.74 Å². The van der Waals surface area contributed by atoms with E-state index in [0.717, 1.165) is 65.4 Å². The van der Waals surface area contributed by atoms with E-state index in [9.17, 15) is 0 Å². The molecule has 10 nitrogen and oxygen atoms in total. The van der Waals surface area contributed by atoms with Crippen molar-refractivity contribution in [1.82, 2.24) is 34.4 Å². The highest BCUT2D eigenvalue weighted by atomic mass is 16.5. The van der Waals surface area contributed by atoms with Crippen LogP contribution in [0.4, 0.5) is 0 Å². The molecular weight excluding hydrogens is 456 g/mol. The van der Waals surface area contributed by atoms with Crippen LogP contribution in [0.15, 0.2) is 42.9 Å². The summed E-state index contributed by atoms with van der Waals surface area (Å²) < 4.78 is 16.1. The first-order chi connectivity index (χ1) is 17.6. The van der Waals surface area contributed by atoms with Crippen molar-refractivity contribution in [1.29, 1.82) is 5.26 Å². The number of aromatic nitrogens is 6. The molecule has 36 heavy (non-hydrogen) atoms. The monoisotopic (exact) mass is 484 g/mol. The van der Waals surface area contributed by atoms with Gasteiger partial charge in [-0.05, 0) is 51.0 Å². The molecule has 0 N–H and O–H groups in total. The fourth-order valence-electron chi connectivity index (χ4n) is 5.05. The van der Waals surface area contributed by atoms with Gasteiger partial charge in [-0.3, -0.25) is 4.98 Å². The SMILES string of the molecule is Cc1c(-c2cc(O[C@H](C)c3ccccn3)c3c(c2)ncn3C2COC2)nnn1C1CCN(C#N)CC1. The Kier molecular flexibility index (Phi) is 5.77. The lowest BCUT2D eigenvalue weighted by Gasteiger charge is -2.28. The molecule has 2 fully saturated rings. The maximum absolute atomic E-state index is 9.17. The van der Waals surface area contributed by atoms with Crippen LogP contribution in [0.2, 0.25) is 0 Å². The first kappa shape index (κ1) is 22.5. The number of ether oxygens (including phenoxy) is 2. The minimum atomic E-state index is -0.243. The van der Waals surface area contributed by atoms with Gasteiger partial charge in [-0.25, -0.2) is 9.67 Å². The third-order valence-electron chi connectivity index (χ3n) is 7.21. The van der Waals surface area contributed by atoms with Crippen molar-refractivity contribution >= 4 is 11.0 Å². The predicted molar refractivity (Wildman–Crippen MR) is 132 cm³/mol. The lowest BCUT2D eigenvalue weighted by molar-refractivity contribution is -0.0217. The number of likely N-dealkylation sites (tertiary alicyclic amines) is 1. The van der Waals surface area contributed by atoms with Gasteiger partial charge in [0.15, 0.2) is 6.19 Å². The number of hydrogen-bond donors (Lipinski definition) is 0. The van der Waals surface area contributed by atoms with Gasteiger partial charge in [0.25, 0.3) is 0 Å². The van der Waals surface area contributed by atoms with Crippen LogP contribution >= 0.6 is 0 Å². The average molecular weight is 485 g/mol. The maximum atomic E-state index is 9.17. The quantitative estimate of drug-likeness (QED) is 0.380. The highest BCUT2D eigenvalue weighted by Gasteiger charge is 2.27. The molecule has 0 saturated carbocycles. The van der Waals surface area contributed by atoms with Gasteiger partial charge in [-0.2, -0.15) is 5.26 Å². The maximum Gasteiger partial charge on any atom is 0.179 e. The molecule has 10 heteroatoms. The van der Waals surface area contributed by atoms with E-state index < -0.39 is 0 Å². The first-order valence-corrected chi connectivity index (χ1v) is 12.3. The third-order valence-corrected chi connectivity index (χ3v) is 7.21. The predicted octanol–water partition coefficient (Wildman–Crippen LogP) is 3.83. The van der Waals surface area contributed by atoms with E-state index in [-0.39, 0.29) is 18.2 Å². The number of benzene rings is 1. The second kappa shape index (κ2) is 9.24. The van der Waals surface area contributed by atoms with Crippen LogP contribution in [0.25, 0.3) is 22.3 Å². The molecular formula is C26H28N8O2. The Balaban J connectivity index is 1.38. The van der Waals surface area contributed by atoms with Gasteiger partial charge in [0.05, 0.1) is 48.5 Å². The van der Waals surface area contributed by atoms with Crippen LogP contribution in [0, 0.1) is 18.4 Å². The number of nitriles is 1. The smallest absolute Gasteiger partial charge is 0.179 e. The largest absolute Gasteiger partial charge is 0.482 e. The normalized spacial score (nSPS) is 17.6. The van der Waals surface area contributed by atoms with E-state index in [2.05, 4.69) is 39.0 Å². The highest BCUT2D eigenvalue weighted by molar-refractivity contribution is 5.88. The van der Waals surface area contributed by atoms with Crippen molar-refractivity contribution in [2.24, 2.45) is 0 Å². The van der Waals surface area contributed by atoms with Gasteiger partial charge in [-0.15, -0.1) is 5.10 Å². The molecule has 2 aliphatic heterocycles. The summed E-state index contributed by atoms with van der Waals surface area (Å²) in [5, 5.41) is 18.2. The summed E-state index contributed by atoms with van der Waals surface area (Å²) in [4.78, 5) is 11.0. The summed E-state index contributed by atoms with van der Waals surface area (Å²) in [6.07, 6.45) is 7.40. The second-order valence-electron chi connectivity index (χ2n) is 9.49. The van der Waals surface area contributed by atoms with Crippen LogP contribution < -0.4 is 4.74 Å². The molecule has 184 valence electrons. The molecule has 2 aliphatic rings. The van der Waals surface area contributed by atoms with Gasteiger partial charge >= 0.3 is 0 Å². The van der Waals surface area contributed by atoms with Gasteiger partial charge < -0.3 is 18.9 Å². The molecule has 0 amide bonds. The summed E-state index contributed by atoms with van der Waals surface area (Å²) >= 11 is 0. The summed E-state index contributed by atoms with van der Waals surface area (Å²) in [6.45, 7) is 6.88. The standard InChI is InChI=1S/C26H28N8O2/c1-17-25(30-31-34(17)20-6-9-32(15-27)10-7-20)19-11-23-26(33(16-29-23)21-13-35-14-21)24(12-19)36-18(2)22-5-3-4-8-28-22/h3-5,8,11-12,16,18,20-21H,6-7,9-10,13-14H2,1-2H3/t18-/m1/s1. The molecule has 1 aromatic carbocycles. The number of fused-ring (bicyclic) bond motifs is 1. The van der Waals surface area contributed by atoms with E-state index in [4.69, 9.17) is 19.7 Å². The van der Waals surface area contributed by atoms with Crippen LogP contribution in [0.5, 0.6) is 5.75 Å². The summed E-state index contributed by atoms with van der Waals surface area (Å²) in [5.41, 5.74) is 5.39. The molecule has 0 aliphatic carbocycles. The number of nitrogens with zero attached hydrogens (tertiary/aromatic N) is 8. The zero-order valence-electron chi connectivity index (χ0n) is 20.4. The van der Waals surface area contributed by atoms with E-state index >= 15 is 0 Å². The van der Waals surface area contributed by atoms with Crippen molar-refractivity contribution in [2.75, 3.05) is 26.3 Å².